The van der Waals surface area contributed by atoms with Crippen LogP contribution in [-0.4, -0.2) is 10.6 Å². The minimum atomic E-state index is -0.662. The van der Waals surface area contributed by atoms with Gasteiger partial charge in [0.05, 0.1) is 6.10 Å². The van der Waals surface area contributed by atoms with Gasteiger partial charge in [0.1, 0.15) is 0 Å². The van der Waals surface area contributed by atoms with Crippen LogP contribution in [0.4, 0.5) is 0 Å². The van der Waals surface area contributed by atoms with Crippen molar-refractivity contribution in [3.05, 3.63) is 34.9 Å². The van der Waals surface area contributed by atoms with Crippen LogP contribution >= 0.6 is 24.0 Å². The Morgan fingerprint density at radius 3 is 2.07 bits per heavy atom. The first-order valence-corrected chi connectivity index (χ1v) is 4.51. The number of aliphatic hydroxyl groups excluding tert-OH is 1. The monoisotopic (exact) mass is 235 g/mol. The minimum Gasteiger partial charge on any atom is -0.387 e. The number of benzene rings is 1. The van der Waals surface area contributed by atoms with Gasteiger partial charge in [0.2, 0.25) is 0 Å². The zero-order chi connectivity index (χ0) is 10.1. The van der Waals surface area contributed by atoms with Crippen molar-refractivity contribution in [1.29, 1.82) is 0 Å². The highest BCUT2D eigenvalue weighted by Crippen LogP contribution is 2.24. The first-order valence-electron chi connectivity index (χ1n) is 4.13. The Labute approximate surface area is 95.5 Å². The summed E-state index contributed by atoms with van der Waals surface area (Å²) in [4.78, 5) is 0. The van der Waals surface area contributed by atoms with E-state index in [9.17, 15) is 5.11 Å². The fraction of sp³-hybridized carbons (Fsp3) is 0.400. The van der Waals surface area contributed by atoms with Gasteiger partial charge >= 0.3 is 0 Å². The van der Waals surface area contributed by atoms with Gasteiger partial charge in [-0.3, -0.25) is 0 Å². The lowest BCUT2D eigenvalue weighted by molar-refractivity contribution is 0.104. The van der Waals surface area contributed by atoms with Gasteiger partial charge in [-0.15, -0.1) is 12.4 Å². The standard InChI is InChI=1S/C10H14ClNO.ClH/c1-10(2,12)9(13)7-3-5-8(11)6-4-7;/h3-6,9,13H,12H2,1-2H3;1H. The quantitative estimate of drug-likeness (QED) is 0.828. The van der Waals surface area contributed by atoms with Crippen LogP contribution in [0.25, 0.3) is 0 Å². The normalized spacial score (nSPS) is 13.2. The summed E-state index contributed by atoms with van der Waals surface area (Å²) in [5.74, 6) is 0. The summed E-state index contributed by atoms with van der Waals surface area (Å²) in [6.45, 7) is 3.57. The maximum absolute atomic E-state index is 9.78. The van der Waals surface area contributed by atoms with Gasteiger partial charge < -0.3 is 10.8 Å². The third-order valence-corrected chi connectivity index (χ3v) is 2.14. The Kier molecular flexibility index (Phi) is 4.89. The van der Waals surface area contributed by atoms with Crippen molar-refractivity contribution in [2.24, 2.45) is 5.73 Å². The first-order chi connectivity index (χ1) is 5.91. The molecule has 1 aromatic carbocycles. The predicted molar refractivity (Wildman–Crippen MR) is 61.9 cm³/mol. The Morgan fingerprint density at radius 1 is 1.29 bits per heavy atom. The van der Waals surface area contributed by atoms with Gasteiger partial charge in [0.25, 0.3) is 0 Å². The molecule has 0 radical (unpaired) electrons. The zero-order valence-corrected chi connectivity index (χ0v) is 9.77. The smallest absolute Gasteiger partial charge is 0.0963 e. The molecule has 0 aliphatic carbocycles. The highest BCUT2D eigenvalue weighted by atomic mass is 35.5. The van der Waals surface area contributed by atoms with Crippen molar-refractivity contribution in [3.8, 4) is 0 Å². The van der Waals surface area contributed by atoms with Crippen LogP contribution in [0.1, 0.15) is 25.5 Å². The predicted octanol–water partition coefficient (Wildman–Crippen LogP) is 2.53. The molecule has 1 atom stereocenters. The van der Waals surface area contributed by atoms with Crippen molar-refractivity contribution in [1.82, 2.24) is 0 Å². The Bertz CT molecular complexity index is 279. The molecule has 0 aliphatic heterocycles. The number of nitrogens with two attached hydrogens (primary N) is 1. The van der Waals surface area contributed by atoms with Crippen molar-refractivity contribution in [2.45, 2.75) is 25.5 Å². The molecule has 0 spiro atoms. The summed E-state index contributed by atoms with van der Waals surface area (Å²) in [6, 6.07) is 7.04. The van der Waals surface area contributed by atoms with Crippen LogP contribution < -0.4 is 5.73 Å². The lowest BCUT2D eigenvalue weighted by Crippen LogP contribution is -2.39. The number of aliphatic hydroxyl groups is 1. The first kappa shape index (κ1) is 13.7. The van der Waals surface area contributed by atoms with E-state index in [2.05, 4.69) is 0 Å². The van der Waals surface area contributed by atoms with Crippen molar-refractivity contribution in [3.63, 3.8) is 0 Å². The summed E-state index contributed by atoms with van der Waals surface area (Å²) in [6.07, 6.45) is -0.662. The van der Waals surface area contributed by atoms with Crippen molar-refractivity contribution >= 4 is 24.0 Å². The van der Waals surface area contributed by atoms with E-state index in [1.165, 1.54) is 0 Å². The Morgan fingerprint density at radius 2 is 1.71 bits per heavy atom. The van der Waals surface area contributed by atoms with Crippen LogP contribution in [0.2, 0.25) is 5.02 Å². The third-order valence-electron chi connectivity index (χ3n) is 1.89. The van der Waals surface area contributed by atoms with E-state index < -0.39 is 11.6 Å². The fourth-order valence-electron chi connectivity index (χ4n) is 1.07. The topological polar surface area (TPSA) is 46.2 Å². The van der Waals surface area contributed by atoms with E-state index in [1.54, 1.807) is 38.1 Å². The lowest BCUT2D eigenvalue weighted by Gasteiger charge is -2.26. The van der Waals surface area contributed by atoms with E-state index in [0.717, 1.165) is 5.56 Å². The molecular weight excluding hydrogens is 221 g/mol. The van der Waals surface area contributed by atoms with E-state index in [4.69, 9.17) is 17.3 Å². The molecule has 14 heavy (non-hydrogen) atoms. The molecule has 0 fully saturated rings. The average molecular weight is 236 g/mol. The maximum Gasteiger partial charge on any atom is 0.0963 e. The molecule has 0 heterocycles. The summed E-state index contributed by atoms with van der Waals surface area (Å²) in [5.41, 5.74) is 5.92. The Balaban J connectivity index is 0.00000169. The molecule has 0 saturated heterocycles. The van der Waals surface area contributed by atoms with Gasteiger partial charge in [-0.25, -0.2) is 0 Å². The molecule has 80 valence electrons. The minimum absolute atomic E-state index is 0. The van der Waals surface area contributed by atoms with Crippen LogP contribution in [0.15, 0.2) is 24.3 Å². The molecule has 0 bridgehead atoms. The molecule has 1 unspecified atom stereocenters. The number of hydrogen-bond acceptors (Lipinski definition) is 2. The summed E-state index contributed by atoms with van der Waals surface area (Å²) < 4.78 is 0. The zero-order valence-electron chi connectivity index (χ0n) is 8.20. The number of rotatable bonds is 2. The second-order valence-electron chi connectivity index (χ2n) is 3.78. The molecule has 0 amide bonds. The number of halogens is 2. The van der Waals surface area contributed by atoms with E-state index in [-0.39, 0.29) is 12.4 Å². The molecule has 0 aromatic heterocycles. The molecule has 4 heteroatoms. The highest BCUT2D eigenvalue weighted by molar-refractivity contribution is 6.30. The average Bonchev–Trinajstić information content (AvgIpc) is 2.03. The molecule has 3 N–H and O–H groups in total. The summed E-state index contributed by atoms with van der Waals surface area (Å²) in [7, 11) is 0. The Hall–Kier alpha value is -0.280. The molecule has 1 aromatic rings. The SMILES string of the molecule is CC(C)(N)C(O)c1ccc(Cl)cc1.Cl. The van der Waals surface area contributed by atoms with E-state index in [1.807, 2.05) is 0 Å². The van der Waals surface area contributed by atoms with Gasteiger partial charge in [-0.05, 0) is 31.5 Å². The van der Waals surface area contributed by atoms with Gasteiger partial charge in [-0.1, -0.05) is 23.7 Å². The second-order valence-corrected chi connectivity index (χ2v) is 4.21. The van der Waals surface area contributed by atoms with Gasteiger partial charge in [0, 0.05) is 10.6 Å². The fourth-order valence-corrected chi connectivity index (χ4v) is 1.20. The second kappa shape index (κ2) is 4.99. The summed E-state index contributed by atoms with van der Waals surface area (Å²) >= 11 is 5.72. The van der Waals surface area contributed by atoms with Crippen molar-refractivity contribution in [2.75, 3.05) is 0 Å². The molecular formula is C10H15Cl2NO. The third kappa shape index (κ3) is 3.46. The molecule has 2 nitrogen and oxygen atoms in total. The maximum atomic E-state index is 9.78. The largest absolute Gasteiger partial charge is 0.387 e. The molecule has 0 saturated carbocycles. The molecule has 1 rings (SSSR count). The summed E-state index contributed by atoms with van der Waals surface area (Å²) in [5, 5.41) is 10.4. The number of hydrogen-bond donors (Lipinski definition) is 2. The van der Waals surface area contributed by atoms with Crippen molar-refractivity contribution < 1.29 is 5.11 Å². The van der Waals surface area contributed by atoms with Crippen LogP contribution in [0, 0.1) is 0 Å². The van der Waals surface area contributed by atoms with Gasteiger partial charge in [0.15, 0.2) is 0 Å². The van der Waals surface area contributed by atoms with E-state index in [0.29, 0.717) is 5.02 Å². The highest BCUT2D eigenvalue weighted by Gasteiger charge is 2.23. The molecule has 0 aliphatic rings. The van der Waals surface area contributed by atoms with Crippen LogP contribution in [0.5, 0.6) is 0 Å². The van der Waals surface area contributed by atoms with Crippen LogP contribution in [0.3, 0.4) is 0 Å². The van der Waals surface area contributed by atoms with Crippen LogP contribution in [-0.2, 0) is 0 Å². The van der Waals surface area contributed by atoms with Gasteiger partial charge in [-0.2, -0.15) is 0 Å². The lowest BCUT2D eigenvalue weighted by atomic mass is 9.93. The van der Waals surface area contributed by atoms with E-state index >= 15 is 0 Å².